The maximum Gasteiger partial charge on any atom is 0.504 e. The molecule has 2 rings (SSSR count). The summed E-state index contributed by atoms with van der Waals surface area (Å²) in [6.07, 6.45) is 0.921. The number of benzene rings is 1. The van der Waals surface area contributed by atoms with E-state index in [0.717, 1.165) is 29.5 Å². The molecule has 1 aromatic carbocycles. The van der Waals surface area contributed by atoms with Gasteiger partial charge in [-0.15, -0.1) is 0 Å². The molecule has 1 atom stereocenters. The molecule has 1 aliphatic rings. The standard InChI is InChI=1S/C19H35NO6Si2/c1-5-22-28(23-6-2,24-7-3)14-12-21-18-9-10-19-17(15-18)16-25-27(4,26-19)13-8-11-20/h9-10,15H,5-8,11-14,16,20H2,1-4H3. The summed E-state index contributed by atoms with van der Waals surface area (Å²) in [4.78, 5) is 0. The number of nitrogens with two attached hydrogens (primary N) is 1. The first-order chi connectivity index (χ1) is 13.5. The molecule has 0 radical (unpaired) electrons. The zero-order valence-electron chi connectivity index (χ0n) is 17.6. The molecule has 7 nitrogen and oxygen atoms in total. The van der Waals surface area contributed by atoms with Crippen molar-refractivity contribution in [3.63, 3.8) is 0 Å². The van der Waals surface area contributed by atoms with Crippen molar-refractivity contribution in [3.05, 3.63) is 23.8 Å². The SMILES string of the molecule is CCO[Si](CCOc1ccc2c(c1)CO[Si](C)(CCCN)O2)(OCC)OCC. The van der Waals surface area contributed by atoms with Crippen LogP contribution < -0.4 is 14.9 Å². The molecule has 0 aromatic heterocycles. The lowest BCUT2D eigenvalue weighted by atomic mass is 10.2. The Labute approximate surface area is 171 Å². The van der Waals surface area contributed by atoms with Crippen LogP contribution in [0.2, 0.25) is 18.6 Å². The fraction of sp³-hybridized carbons (Fsp3) is 0.684. The van der Waals surface area contributed by atoms with Gasteiger partial charge in [0.15, 0.2) is 0 Å². The van der Waals surface area contributed by atoms with Gasteiger partial charge in [0, 0.05) is 31.4 Å². The highest BCUT2D eigenvalue weighted by Gasteiger charge is 2.40. The Bertz CT molecular complexity index is 589. The molecule has 1 heterocycles. The summed E-state index contributed by atoms with van der Waals surface area (Å²) < 4.78 is 35.8. The smallest absolute Gasteiger partial charge is 0.504 e. The van der Waals surface area contributed by atoms with E-state index in [1.54, 1.807) is 0 Å². The second-order valence-electron chi connectivity index (χ2n) is 6.77. The van der Waals surface area contributed by atoms with E-state index in [0.29, 0.717) is 45.6 Å². The van der Waals surface area contributed by atoms with Gasteiger partial charge in [-0.25, -0.2) is 0 Å². The summed E-state index contributed by atoms with van der Waals surface area (Å²) in [5, 5.41) is 0. The molecular weight excluding hydrogens is 394 g/mol. The van der Waals surface area contributed by atoms with Gasteiger partial charge in [-0.2, -0.15) is 0 Å². The fourth-order valence-corrected chi connectivity index (χ4v) is 7.82. The summed E-state index contributed by atoms with van der Waals surface area (Å²) in [6, 6.07) is 7.40. The molecule has 0 fully saturated rings. The maximum atomic E-state index is 6.18. The predicted molar refractivity (Wildman–Crippen MR) is 113 cm³/mol. The van der Waals surface area contributed by atoms with Crippen molar-refractivity contribution in [1.29, 1.82) is 0 Å². The fourth-order valence-electron chi connectivity index (χ4n) is 3.19. The van der Waals surface area contributed by atoms with E-state index < -0.39 is 17.4 Å². The van der Waals surface area contributed by atoms with Crippen LogP contribution in [-0.2, 0) is 24.3 Å². The summed E-state index contributed by atoms with van der Waals surface area (Å²) in [7, 11) is -4.86. The highest BCUT2D eigenvalue weighted by molar-refractivity contribution is 6.67. The summed E-state index contributed by atoms with van der Waals surface area (Å²) in [5.74, 6) is 1.68. The van der Waals surface area contributed by atoms with E-state index in [2.05, 4.69) is 6.55 Å². The first kappa shape index (κ1) is 23.3. The van der Waals surface area contributed by atoms with E-state index in [9.17, 15) is 0 Å². The topological polar surface area (TPSA) is 81.4 Å². The Morgan fingerprint density at radius 1 is 1.11 bits per heavy atom. The third-order valence-electron chi connectivity index (χ3n) is 4.50. The van der Waals surface area contributed by atoms with Crippen LogP contribution in [0.25, 0.3) is 0 Å². The molecule has 0 bridgehead atoms. The summed E-state index contributed by atoms with van der Waals surface area (Å²) >= 11 is 0. The Balaban J connectivity index is 1.95. The Morgan fingerprint density at radius 2 is 1.79 bits per heavy atom. The van der Waals surface area contributed by atoms with Gasteiger partial charge in [0.1, 0.15) is 11.5 Å². The van der Waals surface area contributed by atoms with Gasteiger partial charge in [-0.05, 0) is 58.5 Å². The average molecular weight is 430 g/mol. The van der Waals surface area contributed by atoms with E-state index in [1.807, 2.05) is 39.0 Å². The van der Waals surface area contributed by atoms with Crippen molar-refractivity contribution in [3.8, 4) is 11.5 Å². The molecule has 28 heavy (non-hydrogen) atoms. The number of fused-ring (bicyclic) bond motifs is 1. The third kappa shape index (κ3) is 6.55. The normalized spacial score (nSPS) is 19.2. The monoisotopic (exact) mass is 429 g/mol. The van der Waals surface area contributed by atoms with Crippen LogP contribution in [-0.4, -0.2) is 50.3 Å². The van der Waals surface area contributed by atoms with Crippen molar-refractivity contribution >= 4 is 17.4 Å². The Kier molecular flexibility index (Phi) is 9.41. The zero-order valence-corrected chi connectivity index (χ0v) is 19.6. The van der Waals surface area contributed by atoms with Crippen LogP contribution in [0, 0.1) is 0 Å². The lowest BCUT2D eigenvalue weighted by Crippen LogP contribution is -2.47. The van der Waals surface area contributed by atoms with Crippen LogP contribution in [0.4, 0.5) is 0 Å². The van der Waals surface area contributed by atoms with E-state index in [-0.39, 0.29) is 0 Å². The molecule has 0 saturated heterocycles. The van der Waals surface area contributed by atoms with Crippen LogP contribution in [0.3, 0.4) is 0 Å². The van der Waals surface area contributed by atoms with Crippen molar-refractivity contribution in [2.45, 2.75) is 52.4 Å². The second kappa shape index (κ2) is 11.3. The minimum absolute atomic E-state index is 0.468. The molecule has 1 unspecified atom stereocenters. The highest BCUT2D eigenvalue weighted by atomic mass is 28.4. The molecule has 0 saturated carbocycles. The first-order valence-electron chi connectivity index (χ1n) is 10.2. The summed E-state index contributed by atoms with van der Waals surface area (Å²) in [5.41, 5.74) is 6.64. The molecule has 0 amide bonds. The van der Waals surface area contributed by atoms with Gasteiger partial charge < -0.3 is 32.6 Å². The van der Waals surface area contributed by atoms with Gasteiger partial charge >= 0.3 is 17.4 Å². The minimum Gasteiger partial charge on any atom is -0.520 e. The first-order valence-corrected chi connectivity index (χ1v) is 14.7. The molecule has 0 aliphatic carbocycles. The lowest BCUT2D eigenvalue weighted by Gasteiger charge is -2.33. The van der Waals surface area contributed by atoms with Crippen LogP contribution in [0.1, 0.15) is 32.8 Å². The van der Waals surface area contributed by atoms with Crippen LogP contribution in [0.5, 0.6) is 11.5 Å². The van der Waals surface area contributed by atoms with Crippen molar-refractivity contribution in [2.24, 2.45) is 5.73 Å². The maximum absolute atomic E-state index is 6.18. The molecule has 1 aromatic rings. The highest BCUT2D eigenvalue weighted by Crippen LogP contribution is 2.34. The quantitative estimate of drug-likeness (QED) is 0.481. The zero-order chi connectivity index (χ0) is 20.5. The van der Waals surface area contributed by atoms with Gasteiger partial charge in [0.05, 0.1) is 19.3 Å². The lowest BCUT2D eigenvalue weighted by molar-refractivity contribution is 0.0675. The minimum atomic E-state index is -2.69. The Morgan fingerprint density at radius 3 is 2.39 bits per heavy atom. The number of hydrogen-bond acceptors (Lipinski definition) is 7. The van der Waals surface area contributed by atoms with Gasteiger partial charge in [-0.1, -0.05) is 0 Å². The average Bonchev–Trinajstić information content (AvgIpc) is 2.67. The van der Waals surface area contributed by atoms with Crippen molar-refractivity contribution in [2.75, 3.05) is 33.0 Å². The molecule has 160 valence electrons. The number of ether oxygens (including phenoxy) is 1. The molecule has 1 aliphatic heterocycles. The molecule has 2 N–H and O–H groups in total. The summed E-state index contributed by atoms with van der Waals surface area (Å²) in [6.45, 7) is 11.3. The van der Waals surface area contributed by atoms with Gasteiger partial charge in [-0.3, -0.25) is 0 Å². The van der Waals surface area contributed by atoms with Gasteiger partial charge in [0.2, 0.25) is 0 Å². The third-order valence-corrected chi connectivity index (χ3v) is 10.2. The van der Waals surface area contributed by atoms with Crippen molar-refractivity contribution < 1.29 is 26.9 Å². The van der Waals surface area contributed by atoms with Gasteiger partial charge in [0.25, 0.3) is 0 Å². The van der Waals surface area contributed by atoms with E-state index in [4.69, 9.17) is 32.6 Å². The van der Waals surface area contributed by atoms with E-state index >= 15 is 0 Å². The van der Waals surface area contributed by atoms with Crippen LogP contribution in [0.15, 0.2) is 18.2 Å². The van der Waals surface area contributed by atoms with Crippen molar-refractivity contribution in [1.82, 2.24) is 0 Å². The van der Waals surface area contributed by atoms with Crippen LogP contribution >= 0.6 is 0 Å². The molecule has 0 spiro atoms. The Hall–Kier alpha value is -0.946. The molecule has 9 heteroatoms. The number of hydrogen-bond donors (Lipinski definition) is 1. The largest absolute Gasteiger partial charge is 0.520 e. The number of rotatable bonds is 13. The molecular formula is C19H35NO6Si2. The van der Waals surface area contributed by atoms with E-state index in [1.165, 1.54) is 0 Å². The second-order valence-corrected chi connectivity index (χ2v) is 12.8. The predicted octanol–water partition coefficient (Wildman–Crippen LogP) is 3.44.